The number of nitro benzene ring substituents is 1. The van der Waals surface area contributed by atoms with Crippen LogP contribution in [-0.4, -0.2) is 28.4 Å². The predicted molar refractivity (Wildman–Crippen MR) is 82.6 cm³/mol. The number of hydrogen-bond donors (Lipinski definition) is 1. The van der Waals surface area contributed by atoms with E-state index in [9.17, 15) is 15.2 Å². The molecule has 112 valence electrons. The van der Waals surface area contributed by atoms with E-state index in [1.165, 1.54) is 12.1 Å². The van der Waals surface area contributed by atoms with Gasteiger partial charge in [0.05, 0.1) is 10.5 Å². The maximum absolute atomic E-state index is 10.6. The zero-order valence-electron chi connectivity index (χ0n) is 12.1. The van der Waals surface area contributed by atoms with E-state index in [-0.39, 0.29) is 22.8 Å². The van der Waals surface area contributed by atoms with Crippen LogP contribution in [-0.2, 0) is 6.42 Å². The topological polar surface area (TPSA) is 75.7 Å². The van der Waals surface area contributed by atoms with Crippen molar-refractivity contribution in [2.75, 3.05) is 6.61 Å². The van der Waals surface area contributed by atoms with Crippen molar-refractivity contribution in [1.29, 1.82) is 0 Å². The van der Waals surface area contributed by atoms with Crippen molar-refractivity contribution in [3.63, 3.8) is 0 Å². The lowest BCUT2D eigenvalue weighted by Crippen LogP contribution is -2.32. The maximum Gasteiger partial charge on any atom is 0.269 e. The first-order valence-corrected chi connectivity index (χ1v) is 7.14. The van der Waals surface area contributed by atoms with Crippen molar-refractivity contribution in [2.45, 2.75) is 31.7 Å². The highest BCUT2D eigenvalue weighted by molar-refractivity contribution is 5.75. The minimum Gasteiger partial charge on any atom is -0.396 e. The molecule has 0 spiro atoms. The molecule has 2 rings (SSSR count). The Kier molecular flexibility index (Phi) is 4.85. The molecule has 5 heteroatoms. The second-order valence-electron chi connectivity index (χ2n) is 5.47. The van der Waals surface area contributed by atoms with Gasteiger partial charge in [-0.05, 0) is 36.8 Å². The summed E-state index contributed by atoms with van der Waals surface area (Å²) in [5.74, 6) is 0.301. The fourth-order valence-corrected chi connectivity index (χ4v) is 2.72. The summed E-state index contributed by atoms with van der Waals surface area (Å²) in [6.45, 7) is 2.25. The fourth-order valence-electron chi connectivity index (χ4n) is 2.72. The molecule has 1 aromatic rings. The molecule has 2 unspecified atom stereocenters. The summed E-state index contributed by atoms with van der Waals surface area (Å²) in [6, 6.07) is 6.68. The second-order valence-corrected chi connectivity index (χ2v) is 5.47. The number of benzene rings is 1. The molecule has 1 aromatic carbocycles. The minimum atomic E-state index is -0.388. The lowest BCUT2D eigenvalue weighted by Gasteiger charge is -2.30. The number of hydrogen-bond acceptors (Lipinski definition) is 4. The Morgan fingerprint density at radius 3 is 2.62 bits per heavy atom. The van der Waals surface area contributed by atoms with Crippen LogP contribution in [0.3, 0.4) is 0 Å². The van der Waals surface area contributed by atoms with E-state index < -0.39 is 0 Å². The lowest BCUT2D eigenvalue weighted by atomic mass is 9.80. The maximum atomic E-state index is 10.6. The average molecular weight is 288 g/mol. The smallest absolute Gasteiger partial charge is 0.269 e. The molecule has 2 atom stereocenters. The Balaban J connectivity index is 1.97. The van der Waals surface area contributed by atoms with Gasteiger partial charge in [0.15, 0.2) is 0 Å². The van der Waals surface area contributed by atoms with Crippen LogP contribution in [0, 0.1) is 16.0 Å². The first-order chi connectivity index (χ1) is 10.1. The molecule has 0 aromatic heterocycles. The van der Waals surface area contributed by atoms with Crippen LogP contribution in [0.4, 0.5) is 5.69 Å². The van der Waals surface area contributed by atoms with Crippen molar-refractivity contribution >= 4 is 11.9 Å². The van der Waals surface area contributed by atoms with Gasteiger partial charge in [-0.15, -0.1) is 0 Å². The van der Waals surface area contributed by atoms with Crippen LogP contribution in [0.5, 0.6) is 0 Å². The molecule has 1 aliphatic heterocycles. The number of nitro groups is 1. The van der Waals surface area contributed by atoms with Gasteiger partial charge in [0.25, 0.3) is 5.69 Å². The molecule has 1 heterocycles. The quantitative estimate of drug-likeness (QED) is 0.619. The Morgan fingerprint density at radius 2 is 2.10 bits per heavy atom. The van der Waals surface area contributed by atoms with Crippen molar-refractivity contribution in [3.05, 3.63) is 52.1 Å². The minimum absolute atomic E-state index is 0.115. The number of allylic oxidation sites excluding steroid dienone is 1. The summed E-state index contributed by atoms with van der Waals surface area (Å²) in [6.07, 6.45) is 8.16. The van der Waals surface area contributed by atoms with E-state index in [0.29, 0.717) is 12.3 Å². The summed E-state index contributed by atoms with van der Waals surface area (Å²) < 4.78 is 0. The summed E-state index contributed by atoms with van der Waals surface area (Å²) in [7, 11) is 0. The van der Waals surface area contributed by atoms with Gasteiger partial charge in [0.1, 0.15) is 0 Å². The summed E-state index contributed by atoms with van der Waals surface area (Å²) in [4.78, 5) is 14.8. The van der Waals surface area contributed by atoms with Crippen LogP contribution in [0.2, 0.25) is 0 Å². The summed E-state index contributed by atoms with van der Waals surface area (Å²) >= 11 is 0. The van der Waals surface area contributed by atoms with Crippen molar-refractivity contribution < 1.29 is 10.0 Å². The number of aliphatic hydroxyl groups is 1. The number of non-ortho nitro benzene ring substituents is 1. The molecule has 5 nitrogen and oxygen atoms in total. The van der Waals surface area contributed by atoms with Crippen LogP contribution < -0.4 is 0 Å². The van der Waals surface area contributed by atoms with Crippen molar-refractivity contribution in [2.24, 2.45) is 10.9 Å². The third kappa shape index (κ3) is 3.55. The molecule has 0 amide bonds. The molecular formula is C16H20N2O3. The molecule has 21 heavy (non-hydrogen) atoms. The molecule has 1 N–H and O–H groups in total. The van der Waals surface area contributed by atoms with Crippen LogP contribution >= 0.6 is 0 Å². The van der Waals surface area contributed by atoms with Gasteiger partial charge < -0.3 is 5.11 Å². The van der Waals surface area contributed by atoms with E-state index >= 15 is 0 Å². The number of rotatable bonds is 7. The number of aliphatic hydroxyl groups excluding tert-OH is 1. The third-order valence-electron chi connectivity index (χ3n) is 4.16. The number of aliphatic imine (C=N–C) groups is 1. The summed E-state index contributed by atoms with van der Waals surface area (Å²) in [5.41, 5.74) is 0.902. The average Bonchev–Trinajstić information content (AvgIpc) is 2.95. The highest BCUT2D eigenvalue weighted by atomic mass is 16.6. The standard InChI is InChI=1S/C16H20N2O3/c1-13(16(10-12-19)9-2-11-17-16)3-4-14-5-7-15(8-6-14)18(20)21/h2,5-9,11,13,19H,3-4,10,12H2,1H3. The largest absolute Gasteiger partial charge is 0.396 e. The van der Waals surface area contributed by atoms with Gasteiger partial charge in [-0.1, -0.05) is 25.1 Å². The molecular weight excluding hydrogens is 268 g/mol. The Labute approximate surface area is 124 Å². The zero-order chi connectivity index (χ0) is 15.3. The van der Waals surface area contributed by atoms with E-state index in [0.717, 1.165) is 18.4 Å². The Hall–Kier alpha value is -2.01. The highest BCUT2D eigenvalue weighted by Gasteiger charge is 2.33. The second kappa shape index (κ2) is 6.63. The SMILES string of the molecule is CC(CCc1ccc([N+](=O)[O-])cc1)C1(CCO)C=CC=N1. The molecule has 0 radical (unpaired) electrons. The van der Waals surface area contributed by atoms with Gasteiger partial charge in [0, 0.05) is 25.0 Å². The highest BCUT2D eigenvalue weighted by Crippen LogP contribution is 2.33. The lowest BCUT2D eigenvalue weighted by molar-refractivity contribution is -0.384. The predicted octanol–water partition coefficient (Wildman–Crippen LogP) is 2.93. The molecule has 0 bridgehead atoms. The normalized spacial score (nSPS) is 21.6. The first-order valence-electron chi connectivity index (χ1n) is 7.14. The molecule has 0 aliphatic carbocycles. The van der Waals surface area contributed by atoms with Crippen LogP contribution in [0.25, 0.3) is 0 Å². The molecule has 0 saturated heterocycles. The number of nitrogens with zero attached hydrogens (tertiary/aromatic N) is 2. The Bertz CT molecular complexity index is 537. The monoisotopic (exact) mass is 288 g/mol. The van der Waals surface area contributed by atoms with E-state index in [4.69, 9.17) is 0 Å². The van der Waals surface area contributed by atoms with E-state index in [2.05, 4.69) is 18.0 Å². The molecule has 0 fully saturated rings. The van der Waals surface area contributed by atoms with Gasteiger partial charge >= 0.3 is 0 Å². The van der Waals surface area contributed by atoms with Gasteiger partial charge in [-0.3, -0.25) is 15.1 Å². The van der Waals surface area contributed by atoms with Crippen LogP contribution in [0.15, 0.2) is 41.4 Å². The zero-order valence-corrected chi connectivity index (χ0v) is 12.1. The van der Waals surface area contributed by atoms with Crippen LogP contribution in [0.1, 0.15) is 25.3 Å². The van der Waals surface area contributed by atoms with Crippen molar-refractivity contribution in [1.82, 2.24) is 0 Å². The summed E-state index contributed by atoms with van der Waals surface area (Å²) in [5, 5.41) is 19.9. The third-order valence-corrected chi connectivity index (χ3v) is 4.16. The van der Waals surface area contributed by atoms with E-state index in [1.54, 1.807) is 18.3 Å². The van der Waals surface area contributed by atoms with Gasteiger partial charge in [0.2, 0.25) is 0 Å². The van der Waals surface area contributed by atoms with Gasteiger partial charge in [-0.2, -0.15) is 0 Å². The Morgan fingerprint density at radius 1 is 1.38 bits per heavy atom. The van der Waals surface area contributed by atoms with E-state index in [1.807, 2.05) is 6.08 Å². The number of aryl methyl sites for hydroxylation is 1. The molecule has 1 aliphatic rings. The molecule has 0 saturated carbocycles. The first kappa shape index (κ1) is 15.4. The van der Waals surface area contributed by atoms with Gasteiger partial charge in [-0.25, -0.2) is 0 Å². The fraction of sp³-hybridized carbons (Fsp3) is 0.438. The van der Waals surface area contributed by atoms with Crippen molar-refractivity contribution in [3.8, 4) is 0 Å².